The number of aromatic hydroxyl groups is 2. The maximum Gasteiger partial charge on any atom is 0.157 e. The lowest BCUT2D eigenvalue weighted by atomic mass is 9.91. The third-order valence-electron chi connectivity index (χ3n) is 4.34. The van der Waals surface area contributed by atoms with Crippen LogP contribution in [0.25, 0.3) is 0 Å². The second-order valence-corrected chi connectivity index (χ2v) is 6.72. The van der Waals surface area contributed by atoms with Gasteiger partial charge in [-0.15, -0.1) is 0 Å². The molecule has 2 atom stereocenters. The molecule has 0 radical (unpaired) electrons. The van der Waals surface area contributed by atoms with Crippen LogP contribution in [0.3, 0.4) is 0 Å². The van der Waals surface area contributed by atoms with Gasteiger partial charge in [0.05, 0.1) is 6.10 Å². The van der Waals surface area contributed by atoms with Crippen molar-refractivity contribution < 1.29 is 15.3 Å². The first kappa shape index (κ1) is 16.1. The Hall–Kier alpha value is -1.26. The zero-order chi connectivity index (χ0) is 15.6. The minimum Gasteiger partial charge on any atom is -0.504 e. The molecule has 1 aliphatic rings. The van der Waals surface area contributed by atoms with Crippen LogP contribution >= 0.6 is 0 Å². The van der Waals surface area contributed by atoms with Gasteiger partial charge in [0.15, 0.2) is 11.5 Å². The molecule has 2 rings (SSSR count). The van der Waals surface area contributed by atoms with Crippen LogP contribution in [0.4, 0.5) is 0 Å². The van der Waals surface area contributed by atoms with E-state index < -0.39 is 0 Å². The van der Waals surface area contributed by atoms with Crippen LogP contribution in [0.2, 0.25) is 0 Å². The highest BCUT2D eigenvalue weighted by Gasteiger charge is 2.24. The van der Waals surface area contributed by atoms with Crippen LogP contribution in [-0.2, 0) is 13.0 Å². The lowest BCUT2D eigenvalue weighted by molar-refractivity contribution is 0.0761. The molecule has 3 N–H and O–H groups in total. The molecular weight excluding hydrogens is 266 g/mol. The van der Waals surface area contributed by atoms with Gasteiger partial charge in [0, 0.05) is 19.6 Å². The highest BCUT2D eigenvalue weighted by atomic mass is 16.3. The molecule has 0 saturated carbocycles. The van der Waals surface area contributed by atoms with Gasteiger partial charge in [0.25, 0.3) is 0 Å². The van der Waals surface area contributed by atoms with Crippen molar-refractivity contribution in [1.82, 2.24) is 4.90 Å². The summed E-state index contributed by atoms with van der Waals surface area (Å²) in [6.07, 6.45) is 1.58. The van der Waals surface area contributed by atoms with E-state index in [1.807, 2.05) is 6.92 Å². The lowest BCUT2D eigenvalue weighted by Crippen LogP contribution is -2.38. The van der Waals surface area contributed by atoms with Crippen molar-refractivity contribution in [1.29, 1.82) is 0 Å². The van der Waals surface area contributed by atoms with Crippen molar-refractivity contribution in [3.05, 3.63) is 23.3 Å². The first-order valence-electron chi connectivity index (χ1n) is 7.81. The van der Waals surface area contributed by atoms with Crippen LogP contribution in [0.15, 0.2) is 12.1 Å². The molecule has 0 saturated heterocycles. The summed E-state index contributed by atoms with van der Waals surface area (Å²) in [6.45, 7) is 8.80. The second-order valence-electron chi connectivity index (χ2n) is 6.72. The molecule has 1 aliphatic heterocycles. The lowest BCUT2D eigenvalue weighted by Gasteiger charge is -2.33. The topological polar surface area (TPSA) is 63.9 Å². The average Bonchev–Trinajstić information content (AvgIpc) is 2.39. The van der Waals surface area contributed by atoms with Crippen LogP contribution in [-0.4, -0.2) is 39.4 Å². The van der Waals surface area contributed by atoms with Crippen molar-refractivity contribution in [2.75, 3.05) is 13.1 Å². The summed E-state index contributed by atoms with van der Waals surface area (Å²) in [7, 11) is 0. The summed E-state index contributed by atoms with van der Waals surface area (Å²) >= 11 is 0. The zero-order valence-electron chi connectivity index (χ0n) is 13.2. The first-order valence-corrected chi connectivity index (χ1v) is 7.81. The van der Waals surface area contributed by atoms with Crippen LogP contribution in [0.1, 0.15) is 38.3 Å². The Morgan fingerprint density at radius 3 is 2.29 bits per heavy atom. The maximum atomic E-state index is 9.97. The van der Waals surface area contributed by atoms with E-state index in [9.17, 15) is 15.3 Å². The van der Waals surface area contributed by atoms with E-state index in [0.29, 0.717) is 5.92 Å². The molecule has 0 aromatic heterocycles. The Morgan fingerprint density at radius 2 is 1.71 bits per heavy atom. The number of aliphatic hydroxyl groups is 1. The van der Waals surface area contributed by atoms with Gasteiger partial charge in [0.2, 0.25) is 0 Å². The standard InChI is InChI=1S/C17H27NO3/c1-11(2)6-14(12(3)19)9-18-5-4-13-7-16(20)17(21)8-15(13)10-18/h7-8,11-12,14,19-21H,4-6,9-10H2,1-3H3. The molecule has 118 valence electrons. The van der Waals surface area contributed by atoms with E-state index in [1.54, 1.807) is 12.1 Å². The van der Waals surface area contributed by atoms with E-state index >= 15 is 0 Å². The minimum atomic E-state index is -0.304. The summed E-state index contributed by atoms with van der Waals surface area (Å²) in [4.78, 5) is 2.33. The Morgan fingerprint density at radius 1 is 1.10 bits per heavy atom. The third-order valence-corrected chi connectivity index (χ3v) is 4.34. The minimum absolute atomic E-state index is 0.0381. The monoisotopic (exact) mass is 293 g/mol. The molecule has 1 aromatic carbocycles. The van der Waals surface area contributed by atoms with Gasteiger partial charge in [-0.2, -0.15) is 0 Å². The van der Waals surface area contributed by atoms with Gasteiger partial charge in [-0.25, -0.2) is 0 Å². The maximum absolute atomic E-state index is 9.97. The fourth-order valence-corrected chi connectivity index (χ4v) is 3.16. The molecule has 21 heavy (non-hydrogen) atoms. The predicted octanol–water partition coefficient (Wildman–Crippen LogP) is 2.50. The quantitative estimate of drug-likeness (QED) is 0.730. The Bertz CT molecular complexity index is 485. The van der Waals surface area contributed by atoms with Crippen molar-refractivity contribution in [2.24, 2.45) is 11.8 Å². The molecule has 0 aliphatic carbocycles. The Balaban J connectivity index is 2.05. The van der Waals surface area contributed by atoms with Gasteiger partial charge in [-0.3, -0.25) is 4.90 Å². The fraction of sp³-hybridized carbons (Fsp3) is 0.647. The molecule has 0 spiro atoms. The number of phenols is 2. The number of aliphatic hydroxyl groups excluding tert-OH is 1. The van der Waals surface area contributed by atoms with E-state index in [-0.39, 0.29) is 23.5 Å². The summed E-state index contributed by atoms with van der Waals surface area (Å²) < 4.78 is 0. The van der Waals surface area contributed by atoms with Crippen molar-refractivity contribution in [3.63, 3.8) is 0 Å². The van der Waals surface area contributed by atoms with E-state index in [2.05, 4.69) is 18.7 Å². The number of benzene rings is 1. The number of rotatable bonds is 5. The van der Waals surface area contributed by atoms with E-state index in [1.165, 1.54) is 0 Å². The average molecular weight is 293 g/mol. The largest absolute Gasteiger partial charge is 0.504 e. The van der Waals surface area contributed by atoms with Crippen LogP contribution in [0.5, 0.6) is 11.5 Å². The molecule has 4 heteroatoms. The predicted molar refractivity (Wildman–Crippen MR) is 83.4 cm³/mol. The van der Waals surface area contributed by atoms with Gasteiger partial charge in [-0.05, 0) is 54.9 Å². The normalized spacial score (nSPS) is 18.5. The number of nitrogens with zero attached hydrogens (tertiary/aromatic N) is 1. The summed E-state index contributed by atoms with van der Waals surface area (Å²) in [6, 6.07) is 3.33. The highest BCUT2D eigenvalue weighted by molar-refractivity contribution is 5.46. The zero-order valence-corrected chi connectivity index (χ0v) is 13.2. The number of hydrogen-bond acceptors (Lipinski definition) is 4. The van der Waals surface area contributed by atoms with Crippen molar-refractivity contribution in [3.8, 4) is 11.5 Å². The molecular formula is C17H27NO3. The summed E-state index contributed by atoms with van der Waals surface area (Å²) in [5, 5.41) is 29.2. The van der Waals surface area contributed by atoms with Gasteiger partial charge < -0.3 is 15.3 Å². The number of fused-ring (bicyclic) bond motifs is 1. The SMILES string of the molecule is CC(C)CC(CN1CCc2cc(O)c(O)cc2C1)C(C)O. The first-order chi connectivity index (χ1) is 9.86. The van der Waals surface area contributed by atoms with Crippen molar-refractivity contribution in [2.45, 2.75) is 46.3 Å². The number of hydrogen-bond donors (Lipinski definition) is 3. The molecule has 1 heterocycles. The molecule has 1 aromatic rings. The van der Waals surface area contributed by atoms with Crippen LogP contribution < -0.4 is 0 Å². The molecule has 0 amide bonds. The Kier molecular flexibility index (Phi) is 5.12. The molecule has 0 bridgehead atoms. The highest BCUT2D eigenvalue weighted by Crippen LogP contribution is 2.32. The van der Waals surface area contributed by atoms with Gasteiger partial charge in [0.1, 0.15) is 0 Å². The third kappa shape index (κ3) is 4.11. The number of phenolic OH excluding ortho intramolecular Hbond substituents is 2. The summed E-state index contributed by atoms with van der Waals surface area (Å²) in [5.41, 5.74) is 2.18. The molecule has 2 unspecified atom stereocenters. The van der Waals surface area contributed by atoms with E-state index in [0.717, 1.165) is 43.6 Å². The van der Waals surface area contributed by atoms with Gasteiger partial charge in [-0.1, -0.05) is 13.8 Å². The van der Waals surface area contributed by atoms with Crippen molar-refractivity contribution >= 4 is 0 Å². The Labute approximate surface area is 127 Å². The van der Waals surface area contributed by atoms with E-state index in [4.69, 9.17) is 0 Å². The fourth-order valence-electron chi connectivity index (χ4n) is 3.16. The molecule has 4 nitrogen and oxygen atoms in total. The second kappa shape index (κ2) is 6.67. The van der Waals surface area contributed by atoms with Gasteiger partial charge >= 0.3 is 0 Å². The summed E-state index contributed by atoms with van der Waals surface area (Å²) in [5.74, 6) is 0.758. The smallest absolute Gasteiger partial charge is 0.157 e. The molecule has 0 fully saturated rings. The van der Waals surface area contributed by atoms with Crippen LogP contribution in [0, 0.1) is 11.8 Å².